The van der Waals surface area contributed by atoms with E-state index in [1.165, 1.54) is 25.3 Å². The molecule has 1 atom stereocenters. The van der Waals surface area contributed by atoms with E-state index in [0.29, 0.717) is 17.9 Å². The molecule has 1 heterocycles. The Labute approximate surface area is 163 Å². The van der Waals surface area contributed by atoms with E-state index < -0.39 is 17.7 Å². The second-order valence-corrected chi connectivity index (χ2v) is 7.70. The number of hydrogen-bond acceptors (Lipinski definition) is 6. The molecular weight excluding hydrogens is 365 g/mol. The van der Waals surface area contributed by atoms with Crippen molar-refractivity contribution in [1.82, 2.24) is 0 Å². The van der Waals surface area contributed by atoms with Crippen LogP contribution in [0.15, 0.2) is 41.0 Å². The van der Waals surface area contributed by atoms with Crippen LogP contribution in [-0.4, -0.2) is 25.5 Å². The minimum absolute atomic E-state index is 0.0687. The number of benzene rings is 1. The number of hydrogen-bond donors (Lipinski definition) is 1. The monoisotopic (exact) mass is 389 g/mol. The van der Waals surface area contributed by atoms with Gasteiger partial charge >= 0.3 is 5.97 Å². The summed E-state index contributed by atoms with van der Waals surface area (Å²) < 4.78 is 30.8. The lowest BCUT2D eigenvalue weighted by molar-refractivity contribution is -0.139. The molecule has 0 spiro atoms. The van der Waals surface area contributed by atoms with Gasteiger partial charge < -0.3 is 19.9 Å². The second kappa shape index (κ2) is 7.30. The van der Waals surface area contributed by atoms with E-state index in [9.17, 15) is 14.0 Å². The van der Waals surface area contributed by atoms with Crippen molar-refractivity contribution >= 4 is 11.8 Å². The molecule has 150 valence electrons. The molecule has 3 rings (SSSR count). The number of Topliss-reactive ketones (excluding diaryl/α,β-unsaturated/α-hetero) is 1. The van der Waals surface area contributed by atoms with Gasteiger partial charge in [0, 0.05) is 24.0 Å². The predicted molar refractivity (Wildman–Crippen MR) is 99.7 cm³/mol. The molecule has 0 bridgehead atoms. The topological polar surface area (TPSA) is 87.9 Å². The summed E-state index contributed by atoms with van der Waals surface area (Å²) in [4.78, 5) is 25.7. The first-order chi connectivity index (χ1) is 13.2. The van der Waals surface area contributed by atoms with Gasteiger partial charge in [0.25, 0.3) is 0 Å². The largest absolute Gasteiger partial charge is 0.497 e. The SMILES string of the molecule is CCOC(=O)C1=C(N)OC2=C(C(=O)CC(C)(C)C2)[C@@H]1c1cc(OC)ccc1F. The van der Waals surface area contributed by atoms with Crippen LogP contribution in [0.1, 0.15) is 45.1 Å². The van der Waals surface area contributed by atoms with Crippen molar-refractivity contribution in [2.75, 3.05) is 13.7 Å². The maximum atomic E-state index is 14.8. The lowest BCUT2D eigenvalue weighted by Gasteiger charge is -2.38. The lowest BCUT2D eigenvalue weighted by atomic mass is 9.70. The molecule has 1 aromatic rings. The van der Waals surface area contributed by atoms with Crippen LogP contribution < -0.4 is 10.5 Å². The molecule has 28 heavy (non-hydrogen) atoms. The minimum Gasteiger partial charge on any atom is -0.497 e. The van der Waals surface area contributed by atoms with Gasteiger partial charge in [-0.25, -0.2) is 9.18 Å². The van der Waals surface area contributed by atoms with Gasteiger partial charge in [0.1, 0.15) is 22.9 Å². The van der Waals surface area contributed by atoms with Crippen LogP contribution >= 0.6 is 0 Å². The lowest BCUT2D eigenvalue weighted by Crippen LogP contribution is -2.36. The molecule has 0 fully saturated rings. The van der Waals surface area contributed by atoms with Gasteiger partial charge in [0.05, 0.1) is 19.6 Å². The van der Waals surface area contributed by atoms with Crippen LogP contribution in [0.2, 0.25) is 0 Å². The highest BCUT2D eigenvalue weighted by molar-refractivity contribution is 6.03. The number of allylic oxidation sites excluding steroid dienone is 2. The summed E-state index contributed by atoms with van der Waals surface area (Å²) in [5, 5.41) is 0. The van der Waals surface area contributed by atoms with Crippen LogP contribution in [-0.2, 0) is 19.1 Å². The number of rotatable bonds is 4. The van der Waals surface area contributed by atoms with Gasteiger partial charge in [-0.3, -0.25) is 4.79 Å². The Hall–Kier alpha value is -2.83. The van der Waals surface area contributed by atoms with Gasteiger partial charge in [-0.1, -0.05) is 13.8 Å². The van der Waals surface area contributed by atoms with E-state index in [1.807, 2.05) is 13.8 Å². The Balaban J connectivity index is 2.24. The number of ether oxygens (including phenoxy) is 3. The molecule has 0 radical (unpaired) electrons. The third-order valence-corrected chi connectivity index (χ3v) is 4.96. The number of carbonyl (C=O) groups is 2. The molecule has 1 aliphatic heterocycles. The molecule has 1 aliphatic carbocycles. The molecule has 0 aromatic heterocycles. The Morgan fingerprint density at radius 1 is 1.36 bits per heavy atom. The first-order valence-electron chi connectivity index (χ1n) is 9.12. The molecule has 0 saturated carbocycles. The average Bonchev–Trinajstić information content (AvgIpc) is 2.60. The average molecular weight is 389 g/mol. The highest BCUT2D eigenvalue weighted by Gasteiger charge is 2.45. The van der Waals surface area contributed by atoms with Crippen LogP contribution in [0.4, 0.5) is 4.39 Å². The van der Waals surface area contributed by atoms with Gasteiger partial charge in [0.2, 0.25) is 5.88 Å². The number of halogens is 1. The molecule has 0 unspecified atom stereocenters. The Kier molecular flexibility index (Phi) is 5.19. The van der Waals surface area contributed by atoms with E-state index >= 15 is 0 Å². The Morgan fingerprint density at radius 2 is 2.07 bits per heavy atom. The summed E-state index contributed by atoms with van der Waals surface area (Å²) in [6, 6.07) is 4.17. The molecule has 0 saturated heterocycles. The van der Waals surface area contributed by atoms with Crippen molar-refractivity contribution < 1.29 is 28.2 Å². The van der Waals surface area contributed by atoms with Crippen LogP contribution in [0, 0.1) is 11.2 Å². The summed E-state index contributed by atoms with van der Waals surface area (Å²) >= 11 is 0. The summed E-state index contributed by atoms with van der Waals surface area (Å²) in [6.45, 7) is 5.65. The summed E-state index contributed by atoms with van der Waals surface area (Å²) in [6.07, 6.45) is 0.709. The molecule has 7 heteroatoms. The predicted octanol–water partition coefficient (Wildman–Crippen LogP) is 3.32. The normalized spacial score (nSPS) is 21.2. The zero-order chi connectivity index (χ0) is 20.6. The van der Waals surface area contributed by atoms with Crippen molar-refractivity contribution in [3.05, 3.63) is 52.4 Å². The summed E-state index contributed by atoms with van der Waals surface area (Å²) in [5.41, 5.74) is 6.04. The number of esters is 1. The third kappa shape index (κ3) is 3.48. The standard InChI is InChI=1S/C21H24FNO5/c1-5-27-20(25)18-16(12-8-11(26-4)6-7-13(12)22)17-14(24)9-21(2,3)10-15(17)28-19(18)23/h6-8,16H,5,9-10,23H2,1-4H3/t16-/m0/s1. The van der Waals surface area contributed by atoms with Gasteiger partial charge in [0.15, 0.2) is 5.78 Å². The number of nitrogens with two attached hydrogens (primary N) is 1. The van der Waals surface area contributed by atoms with Crippen LogP contribution in [0.5, 0.6) is 5.75 Å². The molecule has 2 N–H and O–H groups in total. The Bertz CT molecular complexity index is 900. The maximum Gasteiger partial charge on any atom is 0.340 e. The second-order valence-electron chi connectivity index (χ2n) is 7.70. The fourth-order valence-corrected chi connectivity index (χ4v) is 3.77. The maximum absolute atomic E-state index is 14.8. The number of carbonyl (C=O) groups excluding carboxylic acids is 2. The highest BCUT2D eigenvalue weighted by atomic mass is 19.1. The van der Waals surface area contributed by atoms with Crippen molar-refractivity contribution in [3.63, 3.8) is 0 Å². The fourth-order valence-electron chi connectivity index (χ4n) is 3.77. The van der Waals surface area contributed by atoms with E-state index in [1.54, 1.807) is 6.92 Å². The van der Waals surface area contributed by atoms with E-state index in [0.717, 1.165) is 0 Å². The van der Waals surface area contributed by atoms with E-state index in [4.69, 9.17) is 19.9 Å². The number of methoxy groups -OCH3 is 1. The summed E-state index contributed by atoms with van der Waals surface area (Å²) in [7, 11) is 1.45. The Morgan fingerprint density at radius 3 is 2.71 bits per heavy atom. The molecule has 2 aliphatic rings. The fraction of sp³-hybridized carbons (Fsp3) is 0.429. The quantitative estimate of drug-likeness (QED) is 0.795. The van der Waals surface area contributed by atoms with Gasteiger partial charge in [-0.15, -0.1) is 0 Å². The smallest absolute Gasteiger partial charge is 0.340 e. The van der Waals surface area contributed by atoms with Crippen LogP contribution in [0.3, 0.4) is 0 Å². The first kappa shape index (κ1) is 19.9. The van der Waals surface area contributed by atoms with Crippen molar-refractivity contribution in [1.29, 1.82) is 0 Å². The minimum atomic E-state index is -1.01. The van der Waals surface area contributed by atoms with Crippen molar-refractivity contribution in [2.24, 2.45) is 11.1 Å². The molecule has 1 aromatic carbocycles. The molecule has 6 nitrogen and oxygen atoms in total. The summed E-state index contributed by atoms with van der Waals surface area (Å²) in [5.74, 6) is -1.93. The zero-order valence-corrected chi connectivity index (χ0v) is 16.4. The van der Waals surface area contributed by atoms with Gasteiger partial charge in [-0.2, -0.15) is 0 Å². The first-order valence-corrected chi connectivity index (χ1v) is 9.12. The highest BCUT2D eigenvalue weighted by Crippen LogP contribution is 2.49. The van der Waals surface area contributed by atoms with Gasteiger partial charge in [-0.05, 0) is 30.5 Å². The van der Waals surface area contributed by atoms with Crippen molar-refractivity contribution in [3.8, 4) is 5.75 Å². The van der Waals surface area contributed by atoms with Crippen molar-refractivity contribution in [2.45, 2.75) is 39.5 Å². The molecule has 0 amide bonds. The molecular formula is C21H24FNO5. The van der Waals surface area contributed by atoms with E-state index in [-0.39, 0.29) is 46.8 Å². The van der Waals surface area contributed by atoms with Crippen LogP contribution in [0.25, 0.3) is 0 Å². The zero-order valence-electron chi connectivity index (χ0n) is 16.4. The third-order valence-electron chi connectivity index (χ3n) is 4.96. The number of ketones is 1. The van der Waals surface area contributed by atoms with E-state index in [2.05, 4.69) is 0 Å².